The molecule has 14 nitrogen and oxygen atoms in total. The van der Waals surface area contributed by atoms with E-state index in [1.54, 1.807) is 6.20 Å². The third kappa shape index (κ3) is 6.40. The second-order valence-electron chi connectivity index (χ2n) is 7.26. The van der Waals surface area contributed by atoms with E-state index in [-0.39, 0.29) is 37.2 Å². The number of aromatic nitrogens is 2. The predicted molar refractivity (Wildman–Crippen MR) is 113 cm³/mol. The second-order valence-corrected chi connectivity index (χ2v) is 7.26. The summed E-state index contributed by atoms with van der Waals surface area (Å²) in [6.07, 6.45) is 4.33. The summed E-state index contributed by atoms with van der Waals surface area (Å²) in [6, 6.07) is -1.30. The number of nitrogens with one attached hydrogen (secondary N) is 3. The first kappa shape index (κ1) is 23.6. The van der Waals surface area contributed by atoms with Crippen LogP contribution in [0.25, 0.3) is 0 Å². The van der Waals surface area contributed by atoms with Crippen molar-refractivity contribution in [2.75, 3.05) is 20.1 Å². The standard InChI is InChI=1S/C17H29N11O3/c1-28(12(29)5-10(18)3-2-4-23-14(19)20)17(6-11-7-22-9-25-11)8-24-16(26-13(17)30)27-15(21)31/h7,9-10H,2-6,8,18H2,1H3,(H,22,25)(H4,19,20,23)(H4,21,24,26,27,30,31)/t10-,17-/m1/s1. The van der Waals surface area contributed by atoms with Crippen molar-refractivity contribution in [1.82, 2.24) is 25.5 Å². The zero-order valence-corrected chi connectivity index (χ0v) is 17.3. The van der Waals surface area contributed by atoms with Crippen LogP contribution in [0.1, 0.15) is 25.0 Å². The van der Waals surface area contributed by atoms with Crippen LogP contribution in [-0.2, 0) is 16.0 Å². The van der Waals surface area contributed by atoms with Crippen LogP contribution in [0.3, 0.4) is 0 Å². The fourth-order valence-electron chi connectivity index (χ4n) is 3.21. The molecule has 0 aliphatic carbocycles. The Labute approximate surface area is 178 Å². The molecule has 4 amide bonds. The Morgan fingerprint density at radius 2 is 2.13 bits per heavy atom. The lowest BCUT2D eigenvalue weighted by Crippen LogP contribution is -2.67. The van der Waals surface area contributed by atoms with Gasteiger partial charge in [0.25, 0.3) is 5.91 Å². The number of nitrogens with zero attached hydrogens (tertiary/aromatic N) is 4. The van der Waals surface area contributed by atoms with E-state index in [1.165, 1.54) is 18.3 Å². The van der Waals surface area contributed by atoms with Crippen LogP contribution in [0, 0.1) is 0 Å². The van der Waals surface area contributed by atoms with Gasteiger partial charge in [-0.2, -0.15) is 0 Å². The predicted octanol–water partition coefficient (Wildman–Crippen LogP) is -2.93. The van der Waals surface area contributed by atoms with Crippen molar-refractivity contribution >= 4 is 29.8 Å². The number of guanidine groups is 2. The number of aromatic amines is 1. The highest BCUT2D eigenvalue weighted by Crippen LogP contribution is 2.24. The molecule has 1 aromatic rings. The van der Waals surface area contributed by atoms with Crippen LogP contribution in [0.2, 0.25) is 0 Å². The summed E-state index contributed by atoms with van der Waals surface area (Å²) in [5, 5.41) is 4.72. The van der Waals surface area contributed by atoms with Gasteiger partial charge >= 0.3 is 6.03 Å². The molecule has 0 aromatic carbocycles. The number of H-pyrrole nitrogens is 1. The number of primary amides is 1. The first-order valence-electron chi connectivity index (χ1n) is 9.61. The molecule has 2 atom stereocenters. The van der Waals surface area contributed by atoms with Crippen molar-refractivity contribution in [2.24, 2.45) is 32.9 Å². The maximum absolute atomic E-state index is 13.1. The number of imidazole rings is 1. The molecule has 11 N–H and O–H groups in total. The van der Waals surface area contributed by atoms with Crippen LogP contribution in [-0.4, -0.2) is 76.4 Å². The molecule has 1 aliphatic rings. The smallest absolute Gasteiger partial charge is 0.318 e. The fourth-order valence-corrected chi connectivity index (χ4v) is 3.21. The van der Waals surface area contributed by atoms with E-state index >= 15 is 0 Å². The number of urea groups is 1. The van der Waals surface area contributed by atoms with Gasteiger partial charge in [0.2, 0.25) is 11.9 Å². The first-order chi connectivity index (χ1) is 14.6. The summed E-state index contributed by atoms with van der Waals surface area (Å²) < 4.78 is 0. The van der Waals surface area contributed by atoms with Crippen molar-refractivity contribution in [3.63, 3.8) is 0 Å². The third-order valence-corrected chi connectivity index (χ3v) is 4.91. The van der Waals surface area contributed by atoms with Gasteiger partial charge in [-0.3, -0.25) is 25.2 Å². The highest BCUT2D eigenvalue weighted by atomic mass is 16.2. The number of hydrogen-bond donors (Lipinski definition) is 7. The topological polar surface area (TPSA) is 236 Å². The van der Waals surface area contributed by atoms with Crippen molar-refractivity contribution in [3.05, 3.63) is 18.2 Å². The minimum absolute atomic E-state index is 0.000750. The Balaban J connectivity index is 2.13. The van der Waals surface area contributed by atoms with Gasteiger partial charge in [0.05, 0.1) is 12.9 Å². The van der Waals surface area contributed by atoms with E-state index in [4.69, 9.17) is 22.9 Å². The monoisotopic (exact) mass is 435 g/mol. The number of carbonyl (C=O) groups is 3. The average molecular weight is 435 g/mol. The fraction of sp³-hybridized carbons (Fsp3) is 0.529. The summed E-state index contributed by atoms with van der Waals surface area (Å²) >= 11 is 0. The van der Waals surface area contributed by atoms with Crippen LogP contribution in [0.5, 0.6) is 0 Å². The molecule has 2 heterocycles. The molecular formula is C17H29N11O3. The van der Waals surface area contributed by atoms with Gasteiger partial charge in [0, 0.05) is 44.4 Å². The number of nitrogens with two attached hydrogens (primary N) is 4. The molecule has 0 fully saturated rings. The summed E-state index contributed by atoms with van der Waals surface area (Å²) in [7, 11) is 1.52. The lowest BCUT2D eigenvalue weighted by molar-refractivity contribution is -0.145. The van der Waals surface area contributed by atoms with Crippen LogP contribution >= 0.6 is 0 Å². The maximum atomic E-state index is 13.1. The van der Waals surface area contributed by atoms with Crippen LogP contribution in [0.4, 0.5) is 4.79 Å². The zero-order chi connectivity index (χ0) is 23.0. The van der Waals surface area contributed by atoms with Gasteiger partial charge in [-0.05, 0) is 12.8 Å². The molecule has 14 heteroatoms. The number of hydrogen-bond acceptors (Lipinski definition) is 7. The zero-order valence-electron chi connectivity index (χ0n) is 17.3. The molecule has 0 radical (unpaired) electrons. The van der Waals surface area contributed by atoms with E-state index in [1.807, 2.05) is 0 Å². The normalized spacial score (nSPS) is 19.0. The molecule has 2 rings (SSSR count). The number of aliphatic imine (C=N–C) groups is 2. The lowest BCUT2D eigenvalue weighted by atomic mass is 9.88. The molecule has 0 saturated heterocycles. The summed E-state index contributed by atoms with van der Waals surface area (Å²) in [5.74, 6) is -0.919. The Bertz CT molecular complexity index is 848. The molecule has 170 valence electrons. The van der Waals surface area contributed by atoms with E-state index in [0.717, 1.165) is 0 Å². The van der Waals surface area contributed by atoms with E-state index < -0.39 is 23.5 Å². The van der Waals surface area contributed by atoms with Crippen molar-refractivity contribution in [1.29, 1.82) is 0 Å². The number of rotatable bonds is 9. The summed E-state index contributed by atoms with van der Waals surface area (Å²) in [6.45, 7) is 0.325. The van der Waals surface area contributed by atoms with Crippen LogP contribution < -0.4 is 33.6 Å². The molecule has 1 aliphatic heterocycles. The van der Waals surface area contributed by atoms with E-state index in [0.29, 0.717) is 25.1 Å². The quantitative estimate of drug-likeness (QED) is 0.121. The maximum Gasteiger partial charge on any atom is 0.318 e. The van der Waals surface area contributed by atoms with Gasteiger partial charge < -0.3 is 32.8 Å². The van der Waals surface area contributed by atoms with E-state index in [9.17, 15) is 14.4 Å². The highest BCUT2D eigenvalue weighted by molar-refractivity contribution is 6.09. The molecule has 0 spiro atoms. The van der Waals surface area contributed by atoms with Gasteiger partial charge in [-0.15, -0.1) is 0 Å². The second kappa shape index (κ2) is 10.4. The number of carbonyl (C=O) groups excluding carboxylic acids is 3. The Morgan fingerprint density at radius 1 is 1.39 bits per heavy atom. The molecule has 0 saturated carbocycles. The van der Waals surface area contributed by atoms with Crippen molar-refractivity contribution in [3.8, 4) is 0 Å². The van der Waals surface area contributed by atoms with Crippen molar-refractivity contribution < 1.29 is 14.4 Å². The van der Waals surface area contributed by atoms with Gasteiger partial charge in [0.1, 0.15) is 5.54 Å². The Morgan fingerprint density at radius 3 is 2.71 bits per heavy atom. The minimum atomic E-state index is -1.34. The summed E-state index contributed by atoms with van der Waals surface area (Å²) in [4.78, 5) is 53.4. The Hall–Kier alpha value is -3.68. The third-order valence-electron chi connectivity index (χ3n) is 4.91. The lowest BCUT2D eigenvalue weighted by Gasteiger charge is -2.41. The summed E-state index contributed by atoms with van der Waals surface area (Å²) in [5.41, 5.74) is 21.0. The minimum Gasteiger partial charge on any atom is -0.370 e. The number of likely N-dealkylation sites (N-methyl/N-ethyl adjacent to an activating group) is 1. The molecule has 1 aromatic heterocycles. The molecular weight excluding hydrogens is 406 g/mol. The van der Waals surface area contributed by atoms with E-state index in [2.05, 4.69) is 30.6 Å². The highest BCUT2D eigenvalue weighted by Gasteiger charge is 2.47. The largest absolute Gasteiger partial charge is 0.370 e. The van der Waals surface area contributed by atoms with Gasteiger partial charge in [-0.1, -0.05) is 0 Å². The molecule has 0 unspecified atom stereocenters. The van der Waals surface area contributed by atoms with Crippen LogP contribution in [0.15, 0.2) is 22.5 Å². The van der Waals surface area contributed by atoms with Crippen molar-refractivity contribution in [2.45, 2.75) is 37.3 Å². The molecule has 31 heavy (non-hydrogen) atoms. The average Bonchev–Trinajstić information content (AvgIpc) is 3.19. The SMILES string of the molecule is CN(C(=O)C[C@H](N)CCCN=C(N)N)[C@]1(Cc2cnc[nH]2)CN=C(NC(N)=O)NC1=O. The first-order valence-corrected chi connectivity index (χ1v) is 9.61. The van der Waals surface area contributed by atoms with Gasteiger partial charge in [-0.25, -0.2) is 14.8 Å². The Kier molecular flexibility index (Phi) is 7.90. The molecule has 0 bridgehead atoms. The van der Waals surface area contributed by atoms with Gasteiger partial charge in [0.15, 0.2) is 5.96 Å². The number of amides is 4.